The molecule has 0 aromatic heterocycles. The first-order chi connectivity index (χ1) is 12.1. The van der Waals surface area contributed by atoms with E-state index in [2.05, 4.69) is 40.8 Å². The number of hydrogen-bond acceptors (Lipinski definition) is 2. The summed E-state index contributed by atoms with van der Waals surface area (Å²) < 4.78 is 6.71. The van der Waals surface area contributed by atoms with Gasteiger partial charge in [0.15, 0.2) is 8.32 Å². The summed E-state index contributed by atoms with van der Waals surface area (Å²) >= 11 is 0. The zero-order chi connectivity index (χ0) is 20.1. The molecule has 0 rings (SSSR count). The largest absolute Gasteiger partial charge is 0.481 e. The van der Waals surface area contributed by atoms with Gasteiger partial charge in [-0.1, -0.05) is 85.5 Å². The number of rotatable bonds is 16. The molecule has 0 unspecified atom stereocenters. The molecule has 1 atom stereocenters. The van der Waals surface area contributed by atoms with Crippen molar-refractivity contribution < 1.29 is 14.3 Å². The molecular formula is C22H46O3Si. The van der Waals surface area contributed by atoms with E-state index in [0.29, 0.717) is 12.5 Å². The number of aliphatic carboxylic acids is 1. The third-order valence-electron chi connectivity index (χ3n) is 5.81. The first-order valence-electron chi connectivity index (χ1n) is 11.0. The van der Waals surface area contributed by atoms with Crippen LogP contribution in [-0.4, -0.2) is 25.5 Å². The van der Waals surface area contributed by atoms with Gasteiger partial charge >= 0.3 is 5.97 Å². The van der Waals surface area contributed by atoms with Crippen LogP contribution in [0.2, 0.25) is 18.1 Å². The molecule has 0 saturated heterocycles. The number of carboxylic acids is 1. The second-order valence-electron chi connectivity index (χ2n) is 9.40. The summed E-state index contributed by atoms with van der Waals surface area (Å²) in [5.74, 6) is -0.666. The van der Waals surface area contributed by atoms with Crippen LogP contribution in [0.3, 0.4) is 0 Å². The second-order valence-corrected chi connectivity index (χ2v) is 14.2. The van der Waals surface area contributed by atoms with Crippen molar-refractivity contribution in [1.29, 1.82) is 0 Å². The second kappa shape index (κ2) is 13.8. The van der Waals surface area contributed by atoms with E-state index in [1.54, 1.807) is 0 Å². The molecule has 0 aromatic carbocycles. The lowest BCUT2D eigenvalue weighted by Crippen LogP contribution is -2.44. The van der Waals surface area contributed by atoms with E-state index in [1.165, 1.54) is 64.2 Å². The molecule has 0 bridgehead atoms. The molecule has 0 aliphatic heterocycles. The molecule has 0 aliphatic carbocycles. The van der Waals surface area contributed by atoms with E-state index >= 15 is 0 Å². The van der Waals surface area contributed by atoms with Crippen LogP contribution in [0.15, 0.2) is 0 Å². The Labute approximate surface area is 164 Å². The van der Waals surface area contributed by atoms with Gasteiger partial charge in [-0.15, -0.1) is 0 Å². The molecule has 0 spiro atoms. The molecule has 0 saturated carbocycles. The molecule has 4 heteroatoms. The molecule has 0 fully saturated rings. The number of unbranched alkanes of at least 4 members (excludes halogenated alkanes) is 8. The highest BCUT2D eigenvalue weighted by Crippen LogP contribution is 2.38. The summed E-state index contributed by atoms with van der Waals surface area (Å²) in [5, 5.41) is 8.92. The van der Waals surface area contributed by atoms with Crippen LogP contribution in [-0.2, 0) is 9.22 Å². The fraction of sp³-hybridized carbons (Fsp3) is 0.955. The minimum atomic E-state index is -1.68. The molecule has 0 radical (unpaired) electrons. The van der Waals surface area contributed by atoms with Crippen molar-refractivity contribution in [2.24, 2.45) is 0 Å². The highest BCUT2D eigenvalue weighted by molar-refractivity contribution is 6.74. The third-order valence-corrected chi connectivity index (χ3v) is 10.3. The monoisotopic (exact) mass is 386 g/mol. The fourth-order valence-electron chi connectivity index (χ4n) is 3.01. The summed E-state index contributed by atoms with van der Waals surface area (Å²) in [6, 6.07) is 0. The van der Waals surface area contributed by atoms with Gasteiger partial charge in [0.2, 0.25) is 0 Å². The van der Waals surface area contributed by atoms with Gasteiger partial charge in [0.25, 0.3) is 0 Å². The predicted octanol–water partition coefficient (Wildman–Crippen LogP) is 7.55. The third kappa shape index (κ3) is 12.9. The normalized spacial score (nSPS) is 13.8. The zero-order valence-corrected chi connectivity index (χ0v) is 19.5. The molecule has 0 aliphatic rings. The lowest BCUT2D eigenvalue weighted by atomic mass is 10.0. The fourth-order valence-corrected chi connectivity index (χ4v) is 4.43. The van der Waals surface area contributed by atoms with Gasteiger partial charge in [-0.2, -0.15) is 0 Å². The summed E-state index contributed by atoms with van der Waals surface area (Å²) in [5.41, 5.74) is 0. The molecule has 0 amide bonds. The van der Waals surface area contributed by atoms with E-state index < -0.39 is 14.3 Å². The molecular weight excluding hydrogens is 340 g/mol. The van der Waals surface area contributed by atoms with Crippen molar-refractivity contribution >= 4 is 14.3 Å². The van der Waals surface area contributed by atoms with Crippen LogP contribution in [0.25, 0.3) is 0 Å². The van der Waals surface area contributed by atoms with Crippen LogP contribution in [0.5, 0.6) is 0 Å². The number of carboxylic acid groups (broad SMARTS) is 1. The van der Waals surface area contributed by atoms with E-state index in [4.69, 9.17) is 9.53 Å². The van der Waals surface area contributed by atoms with Gasteiger partial charge in [-0.05, 0) is 37.4 Å². The topological polar surface area (TPSA) is 46.5 Å². The first-order valence-corrected chi connectivity index (χ1v) is 13.9. The van der Waals surface area contributed by atoms with Gasteiger partial charge < -0.3 is 9.53 Å². The Balaban J connectivity index is 4.06. The Morgan fingerprint density at radius 3 is 1.81 bits per heavy atom. The van der Waals surface area contributed by atoms with Crippen molar-refractivity contribution in [2.75, 3.05) is 0 Å². The Morgan fingerprint density at radius 1 is 0.885 bits per heavy atom. The van der Waals surface area contributed by atoms with E-state index in [-0.39, 0.29) is 5.04 Å². The number of carbonyl (C=O) groups is 1. The van der Waals surface area contributed by atoms with E-state index in [1.807, 2.05) is 0 Å². The Kier molecular flexibility index (Phi) is 13.6. The van der Waals surface area contributed by atoms with Crippen LogP contribution in [0, 0.1) is 0 Å². The number of hydrogen-bond donors (Lipinski definition) is 1. The quantitative estimate of drug-likeness (QED) is 0.220. The van der Waals surface area contributed by atoms with Gasteiger partial charge in [0.1, 0.15) is 0 Å². The van der Waals surface area contributed by atoms with Crippen LogP contribution in [0.4, 0.5) is 0 Å². The van der Waals surface area contributed by atoms with Gasteiger partial charge in [-0.3, -0.25) is 4.79 Å². The smallest absolute Gasteiger partial charge is 0.303 e. The molecule has 3 nitrogen and oxygen atoms in total. The summed E-state index contributed by atoms with van der Waals surface area (Å²) in [7, 11) is -1.68. The van der Waals surface area contributed by atoms with Gasteiger partial charge in [0, 0.05) is 12.5 Å². The Bertz CT molecular complexity index is 361. The highest BCUT2D eigenvalue weighted by Gasteiger charge is 2.38. The van der Waals surface area contributed by atoms with Crippen molar-refractivity contribution in [3.63, 3.8) is 0 Å². The lowest BCUT2D eigenvalue weighted by Gasteiger charge is -2.39. The molecule has 1 N–H and O–H groups in total. The summed E-state index contributed by atoms with van der Waals surface area (Å²) in [4.78, 5) is 10.5. The van der Waals surface area contributed by atoms with Crippen molar-refractivity contribution in [1.82, 2.24) is 0 Å². The maximum absolute atomic E-state index is 10.5. The van der Waals surface area contributed by atoms with Crippen molar-refractivity contribution in [2.45, 2.75) is 135 Å². The van der Waals surface area contributed by atoms with Crippen LogP contribution in [0.1, 0.15) is 111 Å². The molecule has 26 heavy (non-hydrogen) atoms. The maximum Gasteiger partial charge on any atom is 0.303 e. The van der Waals surface area contributed by atoms with Gasteiger partial charge in [-0.25, -0.2) is 0 Å². The lowest BCUT2D eigenvalue weighted by molar-refractivity contribution is -0.137. The summed E-state index contributed by atoms with van der Waals surface area (Å²) in [6.45, 7) is 14.0. The van der Waals surface area contributed by atoms with E-state index in [9.17, 15) is 4.79 Å². The molecule has 0 heterocycles. The van der Waals surface area contributed by atoms with E-state index in [0.717, 1.165) is 12.8 Å². The molecule has 0 aromatic rings. The Hall–Kier alpha value is -0.353. The Morgan fingerprint density at radius 2 is 1.35 bits per heavy atom. The van der Waals surface area contributed by atoms with Crippen LogP contribution < -0.4 is 0 Å². The van der Waals surface area contributed by atoms with Gasteiger partial charge in [0.05, 0.1) is 0 Å². The van der Waals surface area contributed by atoms with Crippen molar-refractivity contribution in [3.05, 3.63) is 0 Å². The minimum Gasteiger partial charge on any atom is -0.481 e. The SMILES string of the molecule is CCCCC[C@@H](CCCCCCCCCC(=O)O)O[Si](C)(C)C(C)(C)C. The average Bonchev–Trinajstić information content (AvgIpc) is 2.51. The van der Waals surface area contributed by atoms with Crippen LogP contribution >= 0.6 is 0 Å². The zero-order valence-electron chi connectivity index (χ0n) is 18.5. The molecule has 156 valence electrons. The first kappa shape index (κ1) is 25.6. The minimum absolute atomic E-state index is 0.284. The maximum atomic E-state index is 10.5. The summed E-state index contributed by atoms with van der Waals surface area (Å²) in [6.07, 6.45) is 15.2. The standard InChI is InChI=1S/C22H46O3Si/c1-7-8-14-17-20(25-26(5,6)22(2,3)4)18-15-12-10-9-11-13-16-19-21(23)24/h20H,7-19H2,1-6H3,(H,23,24)/t20-/m0/s1. The predicted molar refractivity (Wildman–Crippen MR) is 115 cm³/mol. The van der Waals surface area contributed by atoms with Crippen molar-refractivity contribution in [3.8, 4) is 0 Å². The average molecular weight is 387 g/mol. The highest BCUT2D eigenvalue weighted by atomic mass is 28.4.